The number of rotatable bonds is 8. The van der Waals surface area contributed by atoms with Crippen molar-refractivity contribution < 1.29 is 14.7 Å². The van der Waals surface area contributed by atoms with E-state index in [1.54, 1.807) is 11.0 Å². The second kappa shape index (κ2) is 10.1. The Morgan fingerprint density at radius 2 is 2.03 bits per heavy atom. The average molecular weight is 480 g/mol. The number of carbonyl (C=O) groups is 2. The maximum atomic E-state index is 12.8. The fourth-order valence-corrected chi connectivity index (χ4v) is 4.77. The summed E-state index contributed by atoms with van der Waals surface area (Å²) in [7, 11) is 0. The molecule has 0 saturated carbocycles. The Morgan fingerprint density at radius 1 is 1.18 bits per heavy atom. The monoisotopic (exact) mass is 479 g/mol. The van der Waals surface area contributed by atoms with Gasteiger partial charge in [0, 0.05) is 23.9 Å². The highest BCUT2D eigenvalue weighted by molar-refractivity contribution is 8.26. The van der Waals surface area contributed by atoms with Crippen molar-refractivity contribution in [1.82, 2.24) is 19.9 Å². The summed E-state index contributed by atoms with van der Waals surface area (Å²) in [5.74, 6) is -0.547. The highest BCUT2D eigenvalue weighted by Crippen LogP contribution is 2.33. The van der Waals surface area contributed by atoms with Crippen LogP contribution >= 0.6 is 24.0 Å². The van der Waals surface area contributed by atoms with Gasteiger partial charge in [0.25, 0.3) is 5.91 Å². The Bertz CT molecular complexity index is 1280. The molecule has 0 unspecified atom stereocenters. The number of carboxylic acids is 1. The number of pyridine rings is 1. The van der Waals surface area contributed by atoms with E-state index in [2.05, 4.69) is 15.0 Å². The fourth-order valence-electron chi connectivity index (χ4n) is 3.48. The SMILES string of the molecule is Nc1ncnc2ccc(-c3cccc(/C=C4\SC(=S)N(CCCCCC(=O)O)C4=O)n3)cc12. The Morgan fingerprint density at radius 3 is 2.85 bits per heavy atom. The molecule has 1 aliphatic heterocycles. The third kappa shape index (κ3) is 5.35. The van der Waals surface area contributed by atoms with E-state index in [9.17, 15) is 9.59 Å². The van der Waals surface area contributed by atoms with E-state index in [1.165, 1.54) is 18.1 Å². The molecule has 0 radical (unpaired) electrons. The zero-order valence-corrected chi connectivity index (χ0v) is 19.2. The molecule has 0 bridgehead atoms. The number of aliphatic carboxylic acids is 1. The van der Waals surface area contributed by atoms with Gasteiger partial charge in [0.15, 0.2) is 0 Å². The molecule has 33 heavy (non-hydrogen) atoms. The van der Waals surface area contributed by atoms with E-state index in [4.69, 9.17) is 23.1 Å². The number of carboxylic acid groups (broad SMARTS) is 1. The minimum Gasteiger partial charge on any atom is -0.481 e. The number of fused-ring (bicyclic) bond motifs is 1. The largest absolute Gasteiger partial charge is 0.481 e. The molecule has 2 aromatic heterocycles. The van der Waals surface area contributed by atoms with E-state index in [-0.39, 0.29) is 12.3 Å². The first-order valence-corrected chi connectivity index (χ1v) is 11.6. The van der Waals surface area contributed by atoms with Crippen LogP contribution in [0.25, 0.3) is 28.2 Å². The topological polar surface area (TPSA) is 122 Å². The molecule has 0 aliphatic carbocycles. The number of anilines is 1. The molecule has 8 nitrogen and oxygen atoms in total. The van der Waals surface area contributed by atoms with Gasteiger partial charge in [-0.1, -0.05) is 42.5 Å². The molecule has 10 heteroatoms. The molecule has 1 amide bonds. The lowest BCUT2D eigenvalue weighted by molar-refractivity contribution is -0.137. The van der Waals surface area contributed by atoms with Gasteiger partial charge in [0.1, 0.15) is 16.5 Å². The predicted octanol–water partition coefficient (Wildman–Crippen LogP) is 4.12. The van der Waals surface area contributed by atoms with Crippen molar-refractivity contribution in [3.8, 4) is 11.3 Å². The maximum absolute atomic E-state index is 12.8. The summed E-state index contributed by atoms with van der Waals surface area (Å²) in [4.78, 5) is 38.5. The highest BCUT2D eigenvalue weighted by Gasteiger charge is 2.31. The minimum atomic E-state index is -0.807. The van der Waals surface area contributed by atoms with Gasteiger partial charge < -0.3 is 10.8 Å². The lowest BCUT2D eigenvalue weighted by atomic mass is 10.1. The van der Waals surface area contributed by atoms with Crippen LogP contribution in [0.15, 0.2) is 47.6 Å². The molecule has 3 aromatic rings. The van der Waals surface area contributed by atoms with Crippen LogP contribution in [0.2, 0.25) is 0 Å². The maximum Gasteiger partial charge on any atom is 0.303 e. The molecule has 0 spiro atoms. The number of hydrogen-bond acceptors (Lipinski definition) is 8. The zero-order chi connectivity index (χ0) is 23.4. The third-order valence-corrected chi connectivity index (χ3v) is 6.54. The quantitative estimate of drug-likeness (QED) is 0.279. The van der Waals surface area contributed by atoms with E-state index >= 15 is 0 Å². The second-order valence-corrected chi connectivity index (χ2v) is 9.15. The van der Waals surface area contributed by atoms with Crippen LogP contribution in [0.4, 0.5) is 5.82 Å². The zero-order valence-electron chi connectivity index (χ0n) is 17.6. The van der Waals surface area contributed by atoms with E-state index in [0.717, 1.165) is 28.6 Å². The van der Waals surface area contributed by atoms with Gasteiger partial charge >= 0.3 is 5.97 Å². The van der Waals surface area contributed by atoms with Gasteiger partial charge in [-0.2, -0.15) is 0 Å². The Balaban J connectivity index is 1.49. The Hall–Kier alpha value is -3.37. The second-order valence-electron chi connectivity index (χ2n) is 7.48. The van der Waals surface area contributed by atoms with Crippen LogP contribution in [0, 0.1) is 0 Å². The molecule has 0 atom stereocenters. The number of amides is 1. The number of nitrogen functional groups attached to an aromatic ring is 1. The van der Waals surface area contributed by atoms with E-state index in [1.807, 2.05) is 36.4 Å². The lowest BCUT2D eigenvalue weighted by Gasteiger charge is -2.13. The molecule has 4 rings (SSSR count). The minimum absolute atomic E-state index is 0.136. The molecule has 1 fully saturated rings. The number of thioether (sulfide) groups is 1. The fraction of sp³-hybridized carbons (Fsp3) is 0.217. The summed E-state index contributed by atoms with van der Waals surface area (Å²) in [5.41, 5.74) is 8.99. The molecule has 3 N–H and O–H groups in total. The first-order chi connectivity index (χ1) is 15.9. The van der Waals surface area contributed by atoms with Crippen LogP contribution in [0.3, 0.4) is 0 Å². The van der Waals surface area contributed by atoms with Crippen molar-refractivity contribution in [3.63, 3.8) is 0 Å². The summed E-state index contributed by atoms with van der Waals surface area (Å²) in [6.07, 6.45) is 5.33. The summed E-state index contributed by atoms with van der Waals surface area (Å²) in [5, 5.41) is 9.48. The van der Waals surface area contributed by atoms with Gasteiger partial charge in [-0.3, -0.25) is 14.5 Å². The van der Waals surface area contributed by atoms with Gasteiger partial charge in [-0.05, 0) is 43.2 Å². The lowest BCUT2D eigenvalue weighted by Crippen LogP contribution is -2.29. The number of benzene rings is 1. The van der Waals surface area contributed by atoms with Crippen molar-refractivity contribution in [2.75, 3.05) is 12.3 Å². The molecule has 168 valence electrons. The average Bonchev–Trinajstić information content (AvgIpc) is 3.06. The molecule has 3 heterocycles. The number of aromatic nitrogens is 3. The number of carbonyl (C=O) groups excluding carboxylic acids is 1. The number of nitrogens with zero attached hydrogens (tertiary/aromatic N) is 4. The van der Waals surface area contributed by atoms with Gasteiger partial charge in [-0.25, -0.2) is 15.0 Å². The molecule has 1 aliphatic rings. The third-order valence-electron chi connectivity index (χ3n) is 5.16. The normalized spacial score (nSPS) is 15.0. The van der Waals surface area contributed by atoms with Crippen molar-refractivity contribution in [2.24, 2.45) is 0 Å². The summed E-state index contributed by atoms with van der Waals surface area (Å²) < 4.78 is 0.505. The van der Waals surface area contributed by atoms with Crippen LogP contribution in [-0.2, 0) is 9.59 Å². The Kier molecular flexibility index (Phi) is 6.95. The van der Waals surface area contributed by atoms with Crippen LogP contribution < -0.4 is 5.73 Å². The van der Waals surface area contributed by atoms with Crippen molar-refractivity contribution in [2.45, 2.75) is 25.7 Å². The van der Waals surface area contributed by atoms with Crippen molar-refractivity contribution in [3.05, 3.63) is 53.3 Å². The molecular formula is C23H21N5O3S2. The predicted molar refractivity (Wildman–Crippen MR) is 133 cm³/mol. The highest BCUT2D eigenvalue weighted by atomic mass is 32.2. The number of thiocarbonyl (C=S) groups is 1. The molecular weight excluding hydrogens is 458 g/mol. The molecule has 1 saturated heterocycles. The summed E-state index contributed by atoms with van der Waals surface area (Å²) in [6, 6.07) is 11.3. The van der Waals surface area contributed by atoms with Crippen molar-refractivity contribution >= 4 is 63.0 Å². The summed E-state index contributed by atoms with van der Waals surface area (Å²) >= 11 is 6.63. The standard InChI is InChI=1S/C23H21N5O3S2/c24-21-16-11-14(8-9-18(16)25-13-26-21)17-6-4-5-15(27-17)12-19-22(31)28(23(32)33-19)10-3-1-2-7-20(29)30/h4-6,8-9,11-13H,1-3,7,10H2,(H,29,30)(H2,24,25,26)/b19-12-. The first-order valence-electron chi connectivity index (χ1n) is 10.4. The Labute approximate surface area is 199 Å². The van der Waals surface area contributed by atoms with Crippen LogP contribution in [0.5, 0.6) is 0 Å². The van der Waals surface area contributed by atoms with Crippen molar-refractivity contribution in [1.29, 1.82) is 0 Å². The molecule has 1 aromatic carbocycles. The number of nitrogens with two attached hydrogens (primary N) is 1. The van der Waals surface area contributed by atoms with Gasteiger partial charge in [-0.15, -0.1) is 0 Å². The smallest absolute Gasteiger partial charge is 0.303 e. The van der Waals surface area contributed by atoms with Crippen LogP contribution in [-0.4, -0.2) is 47.7 Å². The first kappa shape index (κ1) is 22.8. The number of hydrogen-bond donors (Lipinski definition) is 2. The number of unbranched alkanes of at least 4 members (excludes halogenated alkanes) is 2. The van der Waals surface area contributed by atoms with E-state index in [0.29, 0.717) is 40.1 Å². The van der Waals surface area contributed by atoms with Gasteiger partial charge in [0.2, 0.25) is 0 Å². The van der Waals surface area contributed by atoms with Gasteiger partial charge in [0.05, 0.1) is 21.8 Å². The summed E-state index contributed by atoms with van der Waals surface area (Å²) in [6.45, 7) is 0.482. The van der Waals surface area contributed by atoms with E-state index < -0.39 is 5.97 Å². The van der Waals surface area contributed by atoms with Crippen LogP contribution in [0.1, 0.15) is 31.4 Å².